The Balaban J connectivity index is 1.94. The first-order valence-electron chi connectivity index (χ1n) is 7.14. The van der Waals surface area contributed by atoms with Crippen LogP contribution < -0.4 is 5.73 Å². The number of carbonyl (C=O) groups excluding carboxylic acids is 1. The molecule has 0 saturated carbocycles. The summed E-state index contributed by atoms with van der Waals surface area (Å²) in [5.74, 6) is 0.808. The van der Waals surface area contributed by atoms with Gasteiger partial charge in [0.1, 0.15) is 5.82 Å². The maximum atomic E-state index is 12.3. The monoisotopic (exact) mass is 316 g/mol. The Morgan fingerprint density at radius 3 is 2.64 bits per heavy atom. The lowest BCUT2D eigenvalue weighted by molar-refractivity contribution is -0.128. The molecule has 0 spiro atoms. The molecule has 0 aliphatic carbocycles. The zero-order chi connectivity index (χ0) is 15.9. The molecule has 0 radical (unpaired) electrons. The zero-order valence-electron chi connectivity index (χ0n) is 12.8. The van der Waals surface area contributed by atoms with E-state index < -0.39 is 0 Å². The molecule has 6 heteroatoms. The van der Waals surface area contributed by atoms with Crippen molar-refractivity contribution >= 4 is 23.5 Å². The van der Waals surface area contributed by atoms with Gasteiger partial charge in [0, 0.05) is 24.8 Å². The lowest BCUT2D eigenvalue weighted by Crippen LogP contribution is -2.31. The number of hydrogen-bond donors (Lipinski definition) is 1. The maximum Gasteiger partial charge on any atom is 0.233 e. The van der Waals surface area contributed by atoms with Gasteiger partial charge in [-0.2, -0.15) is 0 Å². The Kier molecular flexibility index (Phi) is 5.77. The van der Waals surface area contributed by atoms with Crippen molar-refractivity contribution in [1.82, 2.24) is 14.9 Å². The average Bonchev–Trinajstić information content (AvgIpc) is 2.50. The molecule has 0 aliphatic heterocycles. The highest BCUT2D eigenvalue weighted by Crippen LogP contribution is 2.16. The Morgan fingerprint density at radius 1 is 1.27 bits per heavy atom. The summed E-state index contributed by atoms with van der Waals surface area (Å²) < 4.78 is 0. The van der Waals surface area contributed by atoms with Crippen molar-refractivity contribution in [2.24, 2.45) is 0 Å². The van der Waals surface area contributed by atoms with Crippen LogP contribution in [0.25, 0.3) is 0 Å². The van der Waals surface area contributed by atoms with Crippen LogP contribution >= 0.6 is 11.8 Å². The summed E-state index contributed by atoms with van der Waals surface area (Å²) in [6.07, 6.45) is 0. The van der Waals surface area contributed by atoms with Crippen molar-refractivity contribution in [3.05, 3.63) is 47.7 Å². The van der Waals surface area contributed by atoms with E-state index in [9.17, 15) is 4.79 Å². The second-order valence-electron chi connectivity index (χ2n) is 4.90. The van der Waals surface area contributed by atoms with E-state index in [0.717, 1.165) is 11.3 Å². The predicted molar refractivity (Wildman–Crippen MR) is 89.4 cm³/mol. The fourth-order valence-corrected chi connectivity index (χ4v) is 2.84. The molecule has 2 rings (SSSR count). The molecular weight excluding hydrogens is 296 g/mol. The molecule has 1 aromatic heterocycles. The molecule has 22 heavy (non-hydrogen) atoms. The third-order valence-electron chi connectivity index (χ3n) is 3.13. The Morgan fingerprint density at radius 2 is 2.00 bits per heavy atom. The van der Waals surface area contributed by atoms with E-state index >= 15 is 0 Å². The van der Waals surface area contributed by atoms with Gasteiger partial charge < -0.3 is 10.6 Å². The number of aryl methyl sites for hydroxylation is 1. The highest BCUT2D eigenvalue weighted by molar-refractivity contribution is 7.99. The minimum atomic E-state index is 0.0695. The molecule has 2 aromatic rings. The molecule has 0 atom stereocenters. The first kappa shape index (κ1) is 16.3. The number of hydrogen-bond acceptors (Lipinski definition) is 5. The molecule has 0 saturated heterocycles. The zero-order valence-corrected chi connectivity index (χ0v) is 13.6. The number of nitrogen functional groups attached to an aromatic ring is 1. The van der Waals surface area contributed by atoms with E-state index in [4.69, 9.17) is 5.73 Å². The molecule has 0 unspecified atom stereocenters. The fourth-order valence-electron chi connectivity index (χ4n) is 2.03. The number of aromatic nitrogens is 2. The first-order valence-corrected chi connectivity index (χ1v) is 8.12. The normalized spacial score (nSPS) is 10.5. The lowest BCUT2D eigenvalue weighted by Gasteiger charge is -2.20. The summed E-state index contributed by atoms with van der Waals surface area (Å²) >= 11 is 1.32. The molecular formula is C16H20N4OS. The summed E-state index contributed by atoms with van der Waals surface area (Å²) in [6, 6.07) is 11.7. The van der Waals surface area contributed by atoms with E-state index in [0.29, 0.717) is 29.8 Å². The molecule has 2 N–H and O–H groups in total. The summed E-state index contributed by atoms with van der Waals surface area (Å²) in [5.41, 5.74) is 7.62. The van der Waals surface area contributed by atoms with Gasteiger partial charge in [0.2, 0.25) is 5.91 Å². The Labute approximate surface area is 135 Å². The van der Waals surface area contributed by atoms with Crippen LogP contribution in [0.15, 0.2) is 41.6 Å². The second kappa shape index (κ2) is 7.79. The van der Waals surface area contributed by atoms with Gasteiger partial charge in [0.15, 0.2) is 5.16 Å². The van der Waals surface area contributed by atoms with Crippen LogP contribution in [0, 0.1) is 6.92 Å². The largest absolute Gasteiger partial charge is 0.384 e. The van der Waals surface area contributed by atoms with E-state index in [1.54, 1.807) is 6.07 Å². The van der Waals surface area contributed by atoms with Crippen LogP contribution in [0.3, 0.4) is 0 Å². The predicted octanol–water partition coefficient (Wildman–Crippen LogP) is 2.51. The molecule has 5 nitrogen and oxygen atoms in total. The quantitative estimate of drug-likeness (QED) is 0.655. The van der Waals surface area contributed by atoms with E-state index in [1.807, 2.05) is 49.1 Å². The van der Waals surface area contributed by atoms with Crippen LogP contribution in [-0.4, -0.2) is 33.1 Å². The van der Waals surface area contributed by atoms with Crippen molar-refractivity contribution in [3.63, 3.8) is 0 Å². The molecule has 1 aromatic carbocycles. The van der Waals surface area contributed by atoms with Crippen LogP contribution in [0.5, 0.6) is 0 Å². The third kappa shape index (κ3) is 4.73. The van der Waals surface area contributed by atoms with Crippen LogP contribution in [0.2, 0.25) is 0 Å². The highest BCUT2D eigenvalue weighted by atomic mass is 32.2. The van der Waals surface area contributed by atoms with Crippen molar-refractivity contribution in [3.8, 4) is 0 Å². The molecule has 0 bridgehead atoms. The number of anilines is 1. The molecule has 116 valence electrons. The number of benzene rings is 1. The van der Waals surface area contributed by atoms with E-state index in [-0.39, 0.29) is 5.91 Å². The van der Waals surface area contributed by atoms with Crippen molar-refractivity contribution < 1.29 is 4.79 Å². The molecule has 1 amide bonds. The summed E-state index contributed by atoms with van der Waals surface area (Å²) in [4.78, 5) is 22.6. The number of nitrogens with two attached hydrogens (primary N) is 1. The lowest BCUT2D eigenvalue weighted by atomic mass is 10.2. The topological polar surface area (TPSA) is 72.1 Å². The smallest absolute Gasteiger partial charge is 0.233 e. The van der Waals surface area contributed by atoms with Gasteiger partial charge in [-0.1, -0.05) is 42.1 Å². The summed E-state index contributed by atoms with van der Waals surface area (Å²) in [7, 11) is 0. The number of amides is 1. The number of carbonyl (C=O) groups is 1. The van der Waals surface area contributed by atoms with Crippen molar-refractivity contribution in [2.45, 2.75) is 25.5 Å². The van der Waals surface area contributed by atoms with Crippen molar-refractivity contribution in [2.75, 3.05) is 18.0 Å². The van der Waals surface area contributed by atoms with Gasteiger partial charge in [-0.15, -0.1) is 0 Å². The second-order valence-corrected chi connectivity index (χ2v) is 5.84. The SMILES string of the molecule is CCN(Cc1ccccc1)C(=O)CSc1nc(C)cc(N)n1. The standard InChI is InChI=1S/C16H20N4OS/c1-3-20(10-13-7-5-4-6-8-13)15(21)11-22-16-18-12(2)9-14(17)19-16/h4-9H,3,10-11H2,1-2H3,(H2,17,18,19). The van der Waals surface area contributed by atoms with Gasteiger partial charge in [-0.25, -0.2) is 9.97 Å². The minimum Gasteiger partial charge on any atom is -0.384 e. The van der Waals surface area contributed by atoms with Crippen LogP contribution in [-0.2, 0) is 11.3 Å². The number of rotatable bonds is 6. The summed E-state index contributed by atoms with van der Waals surface area (Å²) in [5, 5.41) is 0.543. The van der Waals surface area contributed by atoms with Gasteiger partial charge in [-0.05, 0) is 19.4 Å². The Hall–Kier alpha value is -2.08. The molecule has 0 fully saturated rings. The van der Waals surface area contributed by atoms with E-state index in [2.05, 4.69) is 9.97 Å². The molecule has 0 aliphatic rings. The first-order chi connectivity index (χ1) is 10.6. The highest BCUT2D eigenvalue weighted by Gasteiger charge is 2.13. The van der Waals surface area contributed by atoms with Crippen LogP contribution in [0.4, 0.5) is 5.82 Å². The minimum absolute atomic E-state index is 0.0695. The summed E-state index contributed by atoms with van der Waals surface area (Å²) in [6.45, 7) is 5.13. The molecule has 1 heterocycles. The van der Waals surface area contributed by atoms with Gasteiger partial charge >= 0.3 is 0 Å². The van der Waals surface area contributed by atoms with E-state index in [1.165, 1.54) is 11.8 Å². The van der Waals surface area contributed by atoms with Gasteiger partial charge in [-0.3, -0.25) is 4.79 Å². The van der Waals surface area contributed by atoms with Crippen molar-refractivity contribution in [1.29, 1.82) is 0 Å². The average molecular weight is 316 g/mol. The number of nitrogens with zero attached hydrogens (tertiary/aromatic N) is 3. The maximum absolute atomic E-state index is 12.3. The van der Waals surface area contributed by atoms with Gasteiger partial charge in [0.05, 0.1) is 5.75 Å². The Bertz CT molecular complexity index is 613. The van der Waals surface area contributed by atoms with Crippen LogP contribution in [0.1, 0.15) is 18.2 Å². The third-order valence-corrected chi connectivity index (χ3v) is 3.96. The fraction of sp³-hybridized carbons (Fsp3) is 0.312. The number of thioether (sulfide) groups is 1. The van der Waals surface area contributed by atoms with Gasteiger partial charge in [0.25, 0.3) is 0 Å².